The molecule has 0 saturated carbocycles. The molecule has 0 aliphatic rings. The summed E-state index contributed by atoms with van der Waals surface area (Å²) in [5.41, 5.74) is 7.55. The smallest absolute Gasteiger partial charge is 0.0361 e. The van der Waals surface area contributed by atoms with Crippen LogP contribution in [0.1, 0.15) is 0 Å². The molecule has 0 amide bonds. The molecule has 0 bridgehead atoms. The molecule has 0 saturated heterocycles. The summed E-state index contributed by atoms with van der Waals surface area (Å²) < 4.78 is 5.32. The highest BCUT2D eigenvalue weighted by atomic mass is 32.1. The molecule has 12 rings (SSSR count). The Balaban J connectivity index is 1.15. The van der Waals surface area contributed by atoms with Gasteiger partial charge in [0.05, 0.1) is 0 Å². The Labute approximate surface area is 319 Å². The first-order valence-electron chi connectivity index (χ1n) is 18.5. The van der Waals surface area contributed by atoms with E-state index in [2.05, 4.69) is 182 Å². The maximum Gasteiger partial charge on any atom is 0.0361 e. The van der Waals surface area contributed by atoms with Gasteiger partial charge < -0.3 is 0 Å². The average Bonchev–Trinajstić information content (AvgIpc) is 3.81. The van der Waals surface area contributed by atoms with Crippen molar-refractivity contribution in [3.8, 4) is 33.4 Å². The molecule has 0 radical (unpaired) electrons. The molecule has 0 N–H and O–H groups in total. The summed E-state index contributed by atoms with van der Waals surface area (Å²) in [7, 11) is 0. The third-order valence-electron chi connectivity index (χ3n) is 11.4. The van der Waals surface area contributed by atoms with E-state index in [-0.39, 0.29) is 0 Å². The van der Waals surface area contributed by atoms with Crippen LogP contribution in [0.2, 0.25) is 0 Å². The lowest BCUT2D eigenvalue weighted by Gasteiger charge is -2.19. The zero-order chi connectivity index (χ0) is 35.3. The van der Waals surface area contributed by atoms with E-state index in [1.54, 1.807) is 0 Å². The predicted molar refractivity (Wildman–Crippen MR) is 239 cm³/mol. The fraction of sp³-hybridized carbons (Fsp3) is 0. The fourth-order valence-electron chi connectivity index (χ4n) is 9.01. The van der Waals surface area contributed by atoms with Crippen LogP contribution in [-0.4, -0.2) is 0 Å². The molecular formula is C52H30S2. The van der Waals surface area contributed by atoms with E-state index in [0.29, 0.717) is 0 Å². The summed E-state index contributed by atoms with van der Waals surface area (Å²) in [4.78, 5) is 0. The van der Waals surface area contributed by atoms with Gasteiger partial charge in [0.2, 0.25) is 0 Å². The molecule has 0 atom stereocenters. The minimum Gasteiger partial charge on any atom is -0.135 e. The number of hydrogen-bond donors (Lipinski definition) is 0. The minimum absolute atomic E-state index is 1.23. The van der Waals surface area contributed by atoms with Crippen molar-refractivity contribution in [1.29, 1.82) is 0 Å². The van der Waals surface area contributed by atoms with Crippen LogP contribution in [0, 0.1) is 0 Å². The summed E-state index contributed by atoms with van der Waals surface area (Å²) in [6, 6.07) is 67.9. The maximum absolute atomic E-state index is 2.44. The lowest BCUT2D eigenvalue weighted by atomic mass is 9.84. The van der Waals surface area contributed by atoms with Gasteiger partial charge >= 0.3 is 0 Å². The van der Waals surface area contributed by atoms with Gasteiger partial charge in [0, 0.05) is 40.3 Å². The van der Waals surface area contributed by atoms with Crippen LogP contribution < -0.4 is 0 Å². The Morgan fingerprint density at radius 3 is 1.26 bits per heavy atom. The summed E-state index contributed by atoms with van der Waals surface area (Å²) in [6.45, 7) is 0. The van der Waals surface area contributed by atoms with Crippen molar-refractivity contribution >= 4 is 106 Å². The van der Waals surface area contributed by atoms with Crippen molar-refractivity contribution in [2.45, 2.75) is 0 Å². The van der Waals surface area contributed by atoms with E-state index in [0.717, 1.165) is 0 Å². The monoisotopic (exact) mass is 718 g/mol. The van der Waals surface area contributed by atoms with E-state index in [9.17, 15) is 0 Å². The summed E-state index contributed by atoms with van der Waals surface area (Å²) in [6.07, 6.45) is 0. The SMILES string of the molecule is c1ccc(-c2ccc3c(-c4ccc5c(c4)sc4ccc6ccccc6c45)c4ccccc4c(-c4ccc5c(c4)sc4ccc6ccccc6c45)c3c2)cc1. The molecule has 0 fully saturated rings. The number of hydrogen-bond acceptors (Lipinski definition) is 2. The van der Waals surface area contributed by atoms with E-state index < -0.39 is 0 Å². The molecule has 0 unspecified atom stereocenters. The molecular weight excluding hydrogens is 689 g/mol. The molecule has 0 aliphatic carbocycles. The van der Waals surface area contributed by atoms with Crippen LogP contribution in [0.25, 0.3) is 117 Å². The molecule has 54 heavy (non-hydrogen) atoms. The van der Waals surface area contributed by atoms with Crippen molar-refractivity contribution in [2.24, 2.45) is 0 Å². The Kier molecular flexibility index (Phi) is 6.48. The van der Waals surface area contributed by atoms with Gasteiger partial charge in [-0.15, -0.1) is 22.7 Å². The van der Waals surface area contributed by atoms with Gasteiger partial charge in [-0.05, 0) is 107 Å². The standard InChI is InChI=1S/C52H30S2/c1-2-10-31(11-3-1)34-18-23-41-44(28-34)50(36-20-25-43-48(30-36)54-46-27-22-33-13-5-7-15-38(33)52(43)46)40-17-9-8-16-39(40)49(41)35-19-24-42-47(29-35)53-45-26-21-32-12-4-6-14-37(32)51(42)45/h1-30H. The van der Waals surface area contributed by atoms with Gasteiger partial charge in [-0.2, -0.15) is 0 Å². The minimum atomic E-state index is 1.23. The van der Waals surface area contributed by atoms with Gasteiger partial charge in [-0.1, -0.05) is 152 Å². The van der Waals surface area contributed by atoms with Crippen LogP contribution >= 0.6 is 22.7 Å². The highest BCUT2D eigenvalue weighted by Gasteiger charge is 2.20. The van der Waals surface area contributed by atoms with Gasteiger partial charge in [-0.25, -0.2) is 0 Å². The maximum atomic E-state index is 2.44. The van der Waals surface area contributed by atoms with Crippen molar-refractivity contribution in [2.75, 3.05) is 0 Å². The third-order valence-corrected chi connectivity index (χ3v) is 13.7. The van der Waals surface area contributed by atoms with Gasteiger partial charge in [0.25, 0.3) is 0 Å². The number of rotatable bonds is 3. The van der Waals surface area contributed by atoms with Crippen molar-refractivity contribution in [3.05, 3.63) is 182 Å². The largest absolute Gasteiger partial charge is 0.135 e. The first-order valence-corrected chi connectivity index (χ1v) is 20.1. The zero-order valence-electron chi connectivity index (χ0n) is 29.1. The lowest BCUT2D eigenvalue weighted by molar-refractivity contribution is 1.64. The molecule has 2 heteroatoms. The second-order valence-corrected chi connectivity index (χ2v) is 16.5. The van der Waals surface area contributed by atoms with Crippen LogP contribution in [0.4, 0.5) is 0 Å². The van der Waals surface area contributed by atoms with E-state index >= 15 is 0 Å². The number of thiophene rings is 2. The highest BCUT2D eigenvalue weighted by molar-refractivity contribution is 7.26. The summed E-state index contributed by atoms with van der Waals surface area (Å²) >= 11 is 3.80. The van der Waals surface area contributed by atoms with Crippen LogP contribution in [0.15, 0.2) is 182 Å². The second kappa shape index (κ2) is 11.6. The zero-order valence-corrected chi connectivity index (χ0v) is 30.8. The quantitative estimate of drug-likeness (QED) is 0.160. The van der Waals surface area contributed by atoms with Crippen molar-refractivity contribution in [3.63, 3.8) is 0 Å². The molecule has 0 spiro atoms. The van der Waals surface area contributed by atoms with Crippen LogP contribution in [0.5, 0.6) is 0 Å². The van der Waals surface area contributed by atoms with Gasteiger partial charge in [0.15, 0.2) is 0 Å². The van der Waals surface area contributed by atoms with E-state index in [4.69, 9.17) is 0 Å². The Bertz CT molecular complexity index is 3490. The average molecular weight is 719 g/mol. The number of benzene rings is 10. The van der Waals surface area contributed by atoms with Crippen molar-refractivity contribution in [1.82, 2.24) is 0 Å². The van der Waals surface area contributed by atoms with Crippen molar-refractivity contribution < 1.29 is 0 Å². The van der Waals surface area contributed by atoms with Gasteiger partial charge in [0.1, 0.15) is 0 Å². The Morgan fingerprint density at radius 2 is 0.685 bits per heavy atom. The van der Waals surface area contributed by atoms with Gasteiger partial charge in [-0.3, -0.25) is 0 Å². The molecule has 10 aromatic carbocycles. The fourth-order valence-corrected chi connectivity index (χ4v) is 11.3. The second-order valence-electron chi connectivity index (χ2n) is 14.4. The molecule has 2 aromatic heterocycles. The molecule has 2 heterocycles. The molecule has 0 aliphatic heterocycles. The van der Waals surface area contributed by atoms with Crippen LogP contribution in [0.3, 0.4) is 0 Å². The first kappa shape index (κ1) is 30.2. The number of fused-ring (bicyclic) bond motifs is 12. The van der Waals surface area contributed by atoms with E-state index in [1.807, 2.05) is 22.7 Å². The highest BCUT2D eigenvalue weighted by Crippen LogP contribution is 2.48. The lowest BCUT2D eigenvalue weighted by Crippen LogP contribution is -1.92. The van der Waals surface area contributed by atoms with Crippen LogP contribution in [-0.2, 0) is 0 Å². The Hall–Kier alpha value is -6.32. The summed E-state index contributed by atoms with van der Waals surface area (Å²) in [5, 5.41) is 15.7. The summed E-state index contributed by atoms with van der Waals surface area (Å²) in [5.74, 6) is 0. The first-order chi connectivity index (χ1) is 26.8. The molecule has 0 nitrogen and oxygen atoms in total. The normalized spacial score (nSPS) is 12.1. The third kappa shape index (κ3) is 4.42. The Morgan fingerprint density at radius 1 is 0.241 bits per heavy atom. The molecule has 250 valence electrons. The topological polar surface area (TPSA) is 0 Å². The molecule has 12 aromatic rings. The van der Waals surface area contributed by atoms with E-state index in [1.165, 1.54) is 117 Å². The predicted octanol–water partition coefficient (Wildman–Crippen LogP) is 16.0.